The van der Waals surface area contributed by atoms with Crippen LogP contribution in [0, 0.1) is 0 Å². The minimum absolute atomic E-state index is 0.105. The van der Waals surface area contributed by atoms with Gasteiger partial charge in [0.15, 0.2) is 5.65 Å². The Morgan fingerprint density at radius 1 is 1.13 bits per heavy atom. The third-order valence-corrected chi connectivity index (χ3v) is 5.69. The van der Waals surface area contributed by atoms with Gasteiger partial charge < -0.3 is 10.6 Å². The molecule has 0 atom stereocenters. The Balaban J connectivity index is 1.74. The van der Waals surface area contributed by atoms with E-state index in [2.05, 4.69) is 15.7 Å². The molecule has 4 aromatic rings. The van der Waals surface area contributed by atoms with E-state index < -0.39 is 0 Å². The minimum Gasteiger partial charge on any atom is -0.352 e. The molecule has 4 rings (SSSR count). The third kappa shape index (κ3) is 4.20. The normalized spacial score (nSPS) is 11.1. The quantitative estimate of drug-likeness (QED) is 0.460. The van der Waals surface area contributed by atoms with Crippen molar-refractivity contribution in [3.05, 3.63) is 65.2 Å². The van der Waals surface area contributed by atoms with Gasteiger partial charge in [-0.2, -0.15) is 5.10 Å². The lowest BCUT2D eigenvalue weighted by Crippen LogP contribution is -2.22. The maximum atomic E-state index is 13.3. The first-order valence-corrected chi connectivity index (χ1v) is 11.0. The largest absolute Gasteiger partial charge is 0.352 e. The van der Waals surface area contributed by atoms with Gasteiger partial charge in [0.05, 0.1) is 27.7 Å². The number of nitrogens with one attached hydrogen (secondary N) is 2. The van der Waals surface area contributed by atoms with Gasteiger partial charge in [0.25, 0.3) is 11.8 Å². The summed E-state index contributed by atoms with van der Waals surface area (Å²) in [5.41, 5.74) is 2.93. The average Bonchev–Trinajstić information content (AvgIpc) is 3.43. The van der Waals surface area contributed by atoms with Crippen molar-refractivity contribution in [3.8, 4) is 10.6 Å². The van der Waals surface area contributed by atoms with E-state index in [-0.39, 0.29) is 17.9 Å². The van der Waals surface area contributed by atoms with Gasteiger partial charge >= 0.3 is 0 Å². The van der Waals surface area contributed by atoms with E-state index >= 15 is 0 Å². The van der Waals surface area contributed by atoms with E-state index in [1.807, 2.05) is 43.0 Å². The fourth-order valence-corrected chi connectivity index (χ4v) is 4.02. The Bertz CT molecular complexity index is 1240. The van der Waals surface area contributed by atoms with Crippen LogP contribution in [0.2, 0.25) is 0 Å². The highest BCUT2D eigenvalue weighted by molar-refractivity contribution is 7.13. The smallest absolute Gasteiger partial charge is 0.256 e. The summed E-state index contributed by atoms with van der Waals surface area (Å²) in [6.07, 6.45) is 1.68. The number of anilines is 1. The molecule has 0 spiro atoms. The van der Waals surface area contributed by atoms with Crippen LogP contribution < -0.4 is 10.6 Å². The Kier molecular flexibility index (Phi) is 5.81. The number of pyridine rings is 1. The van der Waals surface area contributed by atoms with Crippen LogP contribution in [-0.2, 0) is 0 Å². The van der Waals surface area contributed by atoms with Crippen LogP contribution in [-0.4, -0.2) is 33.1 Å². The van der Waals surface area contributed by atoms with E-state index in [1.165, 1.54) is 0 Å². The molecule has 0 unspecified atom stereocenters. The second-order valence-corrected chi connectivity index (χ2v) is 8.29. The lowest BCUT2D eigenvalue weighted by molar-refractivity contribution is 0.0954. The van der Waals surface area contributed by atoms with E-state index in [0.29, 0.717) is 34.4 Å². The molecule has 0 aliphatic rings. The molecule has 7 nitrogen and oxygen atoms in total. The van der Waals surface area contributed by atoms with Gasteiger partial charge in [-0.3, -0.25) is 9.59 Å². The molecule has 8 heteroatoms. The number of thiophene rings is 1. The van der Waals surface area contributed by atoms with Gasteiger partial charge in [-0.25, -0.2) is 9.67 Å². The number of fused-ring (bicyclic) bond motifs is 1. The highest BCUT2D eigenvalue weighted by Crippen LogP contribution is 2.29. The van der Waals surface area contributed by atoms with Crippen molar-refractivity contribution in [2.75, 3.05) is 11.9 Å². The molecule has 0 aliphatic carbocycles. The van der Waals surface area contributed by atoms with Crippen molar-refractivity contribution >= 4 is 39.9 Å². The summed E-state index contributed by atoms with van der Waals surface area (Å²) in [7, 11) is 0. The van der Waals surface area contributed by atoms with Crippen LogP contribution in [0.5, 0.6) is 0 Å². The lowest BCUT2D eigenvalue weighted by atomic mass is 10.1. The molecular formula is C23H23N5O2S. The molecule has 2 amide bonds. The summed E-state index contributed by atoms with van der Waals surface area (Å²) in [5, 5.41) is 12.8. The molecular weight excluding hydrogens is 410 g/mol. The number of carbonyl (C=O) groups is 2. The highest BCUT2D eigenvalue weighted by Gasteiger charge is 2.19. The monoisotopic (exact) mass is 433 g/mol. The molecule has 0 saturated heterocycles. The van der Waals surface area contributed by atoms with Crippen molar-refractivity contribution in [2.24, 2.45) is 0 Å². The van der Waals surface area contributed by atoms with E-state index in [0.717, 1.165) is 10.6 Å². The number of aromatic nitrogens is 3. The van der Waals surface area contributed by atoms with Crippen LogP contribution >= 0.6 is 11.3 Å². The predicted octanol–water partition coefficient (Wildman–Crippen LogP) is 4.74. The van der Waals surface area contributed by atoms with Gasteiger partial charge in [0.2, 0.25) is 0 Å². The topological polar surface area (TPSA) is 88.9 Å². The van der Waals surface area contributed by atoms with E-state index in [9.17, 15) is 9.59 Å². The summed E-state index contributed by atoms with van der Waals surface area (Å²) in [5.74, 6) is -0.454. The van der Waals surface area contributed by atoms with Gasteiger partial charge in [0.1, 0.15) is 0 Å². The van der Waals surface area contributed by atoms with Crippen LogP contribution in [0.25, 0.3) is 21.6 Å². The van der Waals surface area contributed by atoms with E-state index in [4.69, 9.17) is 4.98 Å². The van der Waals surface area contributed by atoms with Crippen LogP contribution in [0.3, 0.4) is 0 Å². The third-order valence-electron chi connectivity index (χ3n) is 4.79. The molecule has 0 aliphatic heterocycles. The van der Waals surface area contributed by atoms with Gasteiger partial charge in [-0.05, 0) is 56.5 Å². The molecule has 158 valence electrons. The van der Waals surface area contributed by atoms with Crippen LogP contribution in [0.1, 0.15) is 47.5 Å². The molecule has 31 heavy (non-hydrogen) atoms. The molecule has 0 radical (unpaired) electrons. The summed E-state index contributed by atoms with van der Waals surface area (Å²) in [6.45, 7) is 6.45. The molecule has 3 heterocycles. The standard InChI is InChI=1S/C23H23N5O2S/c1-4-24-22(29)15-7-5-8-16(11-15)26-23(30)17-12-19(20-9-6-10-31-20)27-21-18(17)13-25-28(21)14(2)3/h5-14H,4H2,1-3H3,(H,24,29)(H,26,30). The number of benzene rings is 1. The second kappa shape index (κ2) is 8.69. The molecule has 0 bridgehead atoms. The SMILES string of the molecule is CCNC(=O)c1cccc(NC(=O)c2cc(-c3cccs3)nc3c2cnn3C(C)C)c1. The Morgan fingerprint density at radius 2 is 1.97 bits per heavy atom. The predicted molar refractivity (Wildman–Crippen MR) is 124 cm³/mol. The number of rotatable bonds is 6. The number of amides is 2. The number of carbonyl (C=O) groups excluding carboxylic acids is 2. The van der Waals surface area contributed by atoms with Crippen molar-refractivity contribution in [1.29, 1.82) is 0 Å². The maximum absolute atomic E-state index is 13.3. The van der Waals surface area contributed by atoms with Gasteiger partial charge in [0, 0.05) is 23.8 Å². The van der Waals surface area contributed by atoms with Crippen molar-refractivity contribution in [3.63, 3.8) is 0 Å². The first-order chi connectivity index (χ1) is 15.0. The first kappa shape index (κ1) is 20.7. The van der Waals surface area contributed by atoms with Crippen molar-refractivity contribution in [2.45, 2.75) is 26.8 Å². The van der Waals surface area contributed by atoms with E-state index in [1.54, 1.807) is 47.9 Å². The minimum atomic E-state index is -0.276. The molecule has 0 saturated carbocycles. The van der Waals surface area contributed by atoms with Crippen LogP contribution in [0.4, 0.5) is 5.69 Å². The highest BCUT2D eigenvalue weighted by atomic mass is 32.1. The first-order valence-electron chi connectivity index (χ1n) is 10.1. The van der Waals surface area contributed by atoms with Gasteiger partial charge in [-0.1, -0.05) is 12.1 Å². The lowest BCUT2D eigenvalue weighted by Gasteiger charge is -2.11. The number of nitrogens with zero attached hydrogens (tertiary/aromatic N) is 3. The Hall–Kier alpha value is -3.52. The molecule has 2 N–H and O–H groups in total. The summed E-state index contributed by atoms with van der Waals surface area (Å²) >= 11 is 1.57. The molecule has 1 aromatic carbocycles. The fourth-order valence-electron chi connectivity index (χ4n) is 3.33. The van der Waals surface area contributed by atoms with Crippen molar-refractivity contribution in [1.82, 2.24) is 20.1 Å². The second-order valence-electron chi connectivity index (χ2n) is 7.35. The summed E-state index contributed by atoms with van der Waals surface area (Å²) in [4.78, 5) is 31.2. The van der Waals surface area contributed by atoms with Gasteiger partial charge in [-0.15, -0.1) is 11.3 Å². The zero-order valence-corrected chi connectivity index (χ0v) is 18.4. The summed E-state index contributed by atoms with van der Waals surface area (Å²) < 4.78 is 1.82. The Morgan fingerprint density at radius 3 is 2.68 bits per heavy atom. The zero-order valence-electron chi connectivity index (χ0n) is 17.5. The molecule has 3 aromatic heterocycles. The fraction of sp³-hybridized carbons (Fsp3) is 0.217. The van der Waals surface area contributed by atoms with Crippen molar-refractivity contribution < 1.29 is 9.59 Å². The maximum Gasteiger partial charge on any atom is 0.256 e. The average molecular weight is 434 g/mol. The number of hydrogen-bond donors (Lipinski definition) is 2. The Labute approximate surface area is 184 Å². The molecule has 0 fully saturated rings. The zero-order chi connectivity index (χ0) is 22.0. The van der Waals surface area contributed by atoms with Crippen LogP contribution in [0.15, 0.2) is 54.0 Å². The summed E-state index contributed by atoms with van der Waals surface area (Å²) in [6, 6.07) is 12.7. The number of hydrogen-bond acceptors (Lipinski definition) is 5.